The van der Waals surface area contributed by atoms with Gasteiger partial charge in [-0.2, -0.15) is 0 Å². The van der Waals surface area contributed by atoms with Gasteiger partial charge in [0.1, 0.15) is 0 Å². The topological polar surface area (TPSA) is 50.4 Å². The molecule has 2 fully saturated rings. The smallest absolute Gasteiger partial charge is 0.228 e. The van der Waals surface area contributed by atoms with E-state index >= 15 is 0 Å². The Kier molecular flexibility index (Phi) is 3.46. The summed E-state index contributed by atoms with van der Waals surface area (Å²) in [4.78, 5) is 12.9. The second kappa shape index (κ2) is 5.36. The molecular weight excluding hydrogens is 276 g/mol. The van der Waals surface area contributed by atoms with E-state index in [4.69, 9.17) is 4.74 Å². The third kappa shape index (κ3) is 2.17. The number of hydrogen-bond donors (Lipinski definition) is 2. The van der Waals surface area contributed by atoms with Crippen LogP contribution in [-0.4, -0.2) is 38.8 Å². The van der Waals surface area contributed by atoms with E-state index in [0.29, 0.717) is 24.5 Å². The Labute approximate surface area is 131 Å². The molecule has 0 spiro atoms. The van der Waals surface area contributed by atoms with E-state index in [1.54, 1.807) is 7.11 Å². The Morgan fingerprint density at radius 1 is 1.36 bits per heavy atom. The minimum Gasteiger partial charge on any atom is -0.384 e. The first-order chi connectivity index (χ1) is 10.7. The summed E-state index contributed by atoms with van der Waals surface area (Å²) in [5, 5.41) is 6.68. The molecule has 118 valence electrons. The lowest BCUT2D eigenvalue weighted by Crippen LogP contribution is -2.51. The maximum atomic E-state index is 12.9. The largest absolute Gasteiger partial charge is 0.384 e. The fraction of sp³-hybridized carbons (Fsp3) is 0.611. The fourth-order valence-corrected chi connectivity index (χ4v) is 4.47. The number of piperidine rings is 1. The first-order valence-electron chi connectivity index (χ1n) is 8.34. The van der Waals surface area contributed by atoms with Crippen LogP contribution in [0.25, 0.3) is 0 Å². The predicted octanol–water partition coefficient (Wildman–Crippen LogP) is 1.46. The highest BCUT2D eigenvalue weighted by Crippen LogP contribution is 2.56. The van der Waals surface area contributed by atoms with Crippen molar-refractivity contribution in [1.82, 2.24) is 10.6 Å². The van der Waals surface area contributed by atoms with Gasteiger partial charge in [-0.05, 0) is 49.4 Å². The van der Waals surface area contributed by atoms with Crippen LogP contribution in [0, 0.1) is 11.3 Å². The maximum Gasteiger partial charge on any atom is 0.228 e. The monoisotopic (exact) mass is 300 g/mol. The molecule has 1 saturated heterocycles. The van der Waals surface area contributed by atoms with E-state index in [-0.39, 0.29) is 11.3 Å². The van der Waals surface area contributed by atoms with E-state index in [2.05, 4.69) is 34.9 Å². The highest BCUT2D eigenvalue weighted by atomic mass is 16.5. The number of benzene rings is 1. The molecule has 1 heterocycles. The Balaban J connectivity index is 1.45. The highest BCUT2D eigenvalue weighted by molar-refractivity contribution is 5.84. The zero-order valence-electron chi connectivity index (χ0n) is 13.1. The number of nitrogens with one attached hydrogen (secondary N) is 2. The summed E-state index contributed by atoms with van der Waals surface area (Å²) < 4.78 is 5.37. The van der Waals surface area contributed by atoms with Gasteiger partial charge < -0.3 is 15.4 Å². The van der Waals surface area contributed by atoms with Gasteiger partial charge >= 0.3 is 0 Å². The molecule has 0 aromatic heterocycles. The second-order valence-electron chi connectivity index (χ2n) is 7.06. The number of amides is 1. The first kappa shape index (κ1) is 14.2. The van der Waals surface area contributed by atoms with Crippen molar-refractivity contribution in [3.05, 3.63) is 35.4 Å². The summed E-state index contributed by atoms with van der Waals surface area (Å²) >= 11 is 0. The summed E-state index contributed by atoms with van der Waals surface area (Å²) in [6.07, 6.45) is 2.85. The molecule has 3 unspecified atom stereocenters. The SMILES string of the molecule is COCC1(C(=O)NC2C3Cc4ccccc4C32)CCNCC1. The van der Waals surface area contributed by atoms with Gasteiger partial charge in [-0.15, -0.1) is 0 Å². The summed E-state index contributed by atoms with van der Waals surface area (Å²) in [5.41, 5.74) is 2.58. The zero-order chi connectivity index (χ0) is 15.2. The zero-order valence-corrected chi connectivity index (χ0v) is 13.1. The van der Waals surface area contributed by atoms with E-state index in [1.165, 1.54) is 11.1 Å². The third-order valence-electron chi connectivity index (χ3n) is 5.80. The molecule has 0 bridgehead atoms. The summed E-state index contributed by atoms with van der Waals surface area (Å²) in [7, 11) is 1.69. The highest BCUT2D eigenvalue weighted by Gasteiger charge is 2.57. The number of carbonyl (C=O) groups is 1. The first-order valence-corrected chi connectivity index (χ1v) is 8.34. The molecule has 4 rings (SSSR count). The molecule has 1 aromatic carbocycles. The summed E-state index contributed by atoms with van der Waals surface area (Å²) in [6.45, 7) is 2.33. The Morgan fingerprint density at radius 3 is 2.91 bits per heavy atom. The van der Waals surface area contributed by atoms with Crippen LogP contribution in [0.1, 0.15) is 29.9 Å². The van der Waals surface area contributed by atoms with Crippen molar-refractivity contribution < 1.29 is 9.53 Å². The van der Waals surface area contributed by atoms with Crippen LogP contribution in [-0.2, 0) is 16.0 Å². The van der Waals surface area contributed by atoms with Gasteiger partial charge in [-0.3, -0.25) is 4.79 Å². The lowest BCUT2D eigenvalue weighted by atomic mass is 9.78. The summed E-state index contributed by atoms with van der Waals surface area (Å²) in [6, 6.07) is 9.00. The van der Waals surface area contributed by atoms with Crippen molar-refractivity contribution in [1.29, 1.82) is 0 Å². The number of fused-ring (bicyclic) bond motifs is 3. The number of methoxy groups -OCH3 is 1. The lowest BCUT2D eigenvalue weighted by Gasteiger charge is -2.35. The number of rotatable bonds is 4. The normalized spacial score (nSPS) is 31.2. The number of carbonyl (C=O) groups excluding carboxylic acids is 1. The van der Waals surface area contributed by atoms with E-state index < -0.39 is 0 Å². The van der Waals surface area contributed by atoms with Crippen LogP contribution in [0.5, 0.6) is 0 Å². The minimum absolute atomic E-state index is 0.202. The van der Waals surface area contributed by atoms with E-state index in [0.717, 1.165) is 32.4 Å². The van der Waals surface area contributed by atoms with Crippen LogP contribution < -0.4 is 10.6 Å². The Morgan fingerprint density at radius 2 is 2.14 bits per heavy atom. The van der Waals surface area contributed by atoms with Gasteiger partial charge in [0.15, 0.2) is 0 Å². The Bertz CT molecular complexity index is 575. The van der Waals surface area contributed by atoms with Gasteiger partial charge in [0.25, 0.3) is 0 Å². The van der Waals surface area contributed by atoms with Crippen molar-refractivity contribution in [3.8, 4) is 0 Å². The van der Waals surface area contributed by atoms with Gasteiger partial charge in [0, 0.05) is 19.1 Å². The van der Waals surface area contributed by atoms with Crippen molar-refractivity contribution in [2.45, 2.75) is 31.2 Å². The molecule has 22 heavy (non-hydrogen) atoms. The molecule has 1 aliphatic heterocycles. The molecule has 3 aliphatic rings. The average Bonchev–Trinajstić information content (AvgIpc) is 3.05. The quantitative estimate of drug-likeness (QED) is 0.885. The molecule has 0 radical (unpaired) electrons. The van der Waals surface area contributed by atoms with Crippen LogP contribution in [0.3, 0.4) is 0 Å². The average molecular weight is 300 g/mol. The Hall–Kier alpha value is -1.39. The van der Waals surface area contributed by atoms with Gasteiger partial charge in [-0.25, -0.2) is 0 Å². The molecule has 1 amide bonds. The second-order valence-corrected chi connectivity index (χ2v) is 7.06. The molecule has 4 heteroatoms. The maximum absolute atomic E-state index is 12.9. The third-order valence-corrected chi connectivity index (χ3v) is 5.80. The molecule has 1 aromatic rings. The molecule has 4 nitrogen and oxygen atoms in total. The van der Waals surface area contributed by atoms with Gasteiger partial charge in [-0.1, -0.05) is 24.3 Å². The van der Waals surface area contributed by atoms with E-state index in [9.17, 15) is 4.79 Å². The van der Waals surface area contributed by atoms with Gasteiger partial charge in [0.05, 0.1) is 12.0 Å². The van der Waals surface area contributed by atoms with Crippen LogP contribution in [0.15, 0.2) is 24.3 Å². The van der Waals surface area contributed by atoms with Crippen LogP contribution >= 0.6 is 0 Å². The molecular formula is C18H24N2O2. The summed E-state index contributed by atoms with van der Waals surface area (Å²) in [5.74, 6) is 1.36. The molecule has 2 N–H and O–H groups in total. The minimum atomic E-state index is -0.337. The van der Waals surface area contributed by atoms with Crippen LogP contribution in [0.4, 0.5) is 0 Å². The molecule has 3 atom stereocenters. The fourth-order valence-electron chi connectivity index (χ4n) is 4.47. The van der Waals surface area contributed by atoms with Crippen molar-refractivity contribution in [2.75, 3.05) is 26.8 Å². The van der Waals surface area contributed by atoms with Crippen molar-refractivity contribution in [3.63, 3.8) is 0 Å². The number of ether oxygens (including phenoxy) is 1. The van der Waals surface area contributed by atoms with E-state index in [1.807, 2.05) is 0 Å². The molecule has 2 aliphatic carbocycles. The van der Waals surface area contributed by atoms with Crippen molar-refractivity contribution in [2.24, 2.45) is 11.3 Å². The predicted molar refractivity (Wildman–Crippen MR) is 84.7 cm³/mol. The standard InChI is InChI=1S/C18H24N2O2/c1-22-11-18(6-8-19-9-7-18)17(21)20-16-14-10-12-4-2-3-5-13(12)15(14)16/h2-5,14-16,19H,6-11H2,1H3,(H,20,21). The lowest BCUT2D eigenvalue weighted by molar-refractivity contribution is -0.136. The van der Waals surface area contributed by atoms with Crippen LogP contribution in [0.2, 0.25) is 0 Å². The van der Waals surface area contributed by atoms with Gasteiger partial charge in [0.2, 0.25) is 5.91 Å². The van der Waals surface area contributed by atoms with Crippen molar-refractivity contribution >= 4 is 5.91 Å². The number of hydrogen-bond acceptors (Lipinski definition) is 3. The molecule has 1 saturated carbocycles.